The monoisotopic (exact) mass is 236 g/mol. The van der Waals surface area contributed by atoms with E-state index in [1.54, 1.807) is 0 Å². The second kappa shape index (κ2) is 6.55. The fourth-order valence-electron chi connectivity index (χ4n) is 1.62. The molecule has 17 heavy (non-hydrogen) atoms. The second-order valence-electron chi connectivity index (χ2n) is 4.65. The van der Waals surface area contributed by atoms with Crippen LogP contribution in [0, 0.1) is 6.92 Å². The van der Waals surface area contributed by atoms with Gasteiger partial charge in [-0.3, -0.25) is 0 Å². The van der Waals surface area contributed by atoms with Crippen molar-refractivity contribution in [3.63, 3.8) is 0 Å². The fraction of sp³-hybridized carbons (Fsp3) is 0.692. The highest BCUT2D eigenvalue weighted by Gasteiger charge is 2.05. The van der Waals surface area contributed by atoms with Gasteiger partial charge in [-0.2, -0.15) is 0 Å². The molecule has 0 atom stereocenters. The van der Waals surface area contributed by atoms with Crippen LogP contribution >= 0.6 is 0 Å². The van der Waals surface area contributed by atoms with Gasteiger partial charge in [0.1, 0.15) is 11.6 Å². The highest BCUT2D eigenvalue weighted by molar-refractivity contribution is 5.38. The summed E-state index contributed by atoms with van der Waals surface area (Å²) in [6.07, 6.45) is 0.953. The van der Waals surface area contributed by atoms with Crippen molar-refractivity contribution in [3.8, 4) is 0 Å². The van der Waals surface area contributed by atoms with Crippen molar-refractivity contribution in [1.29, 1.82) is 0 Å². The van der Waals surface area contributed by atoms with E-state index in [0.717, 1.165) is 36.8 Å². The summed E-state index contributed by atoms with van der Waals surface area (Å²) in [5.74, 6) is 1.86. The number of aryl methyl sites for hydroxylation is 2. The molecule has 0 bridgehead atoms. The van der Waals surface area contributed by atoms with Crippen molar-refractivity contribution in [1.82, 2.24) is 15.3 Å². The van der Waals surface area contributed by atoms with Crippen LogP contribution in [0.5, 0.6) is 0 Å². The Hall–Kier alpha value is -1.16. The standard InChI is InChI=1S/C13H24N4/c1-6-12-9-13(16-11(4)15-12)17(5)8-7-14-10(2)3/h9-10,14H,6-8H2,1-5H3. The molecule has 0 radical (unpaired) electrons. The Labute approximate surface area is 104 Å². The minimum Gasteiger partial charge on any atom is -0.358 e. The molecule has 0 spiro atoms. The Kier molecular flexibility index (Phi) is 5.35. The van der Waals surface area contributed by atoms with Gasteiger partial charge < -0.3 is 10.2 Å². The average molecular weight is 236 g/mol. The van der Waals surface area contributed by atoms with E-state index in [0.29, 0.717) is 6.04 Å². The number of hydrogen-bond acceptors (Lipinski definition) is 4. The molecule has 0 aromatic carbocycles. The number of anilines is 1. The van der Waals surface area contributed by atoms with Crippen LogP contribution in [0.1, 0.15) is 32.3 Å². The zero-order chi connectivity index (χ0) is 12.8. The van der Waals surface area contributed by atoms with Gasteiger partial charge in [-0.1, -0.05) is 20.8 Å². The van der Waals surface area contributed by atoms with Crippen LogP contribution in [-0.2, 0) is 6.42 Å². The third-order valence-corrected chi connectivity index (χ3v) is 2.63. The SMILES string of the molecule is CCc1cc(N(C)CCNC(C)C)nc(C)n1. The quantitative estimate of drug-likeness (QED) is 0.817. The third-order valence-electron chi connectivity index (χ3n) is 2.63. The summed E-state index contributed by atoms with van der Waals surface area (Å²) >= 11 is 0. The first-order valence-corrected chi connectivity index (χ1v) is 6.32. The van der Waals surface area contributed by atoms with E-state index in [1.165, 1.54) is 0 Å². The molecule has 0 aliphatic heterocycles. The van der Waals surface area contributed by atoms with Crippen molar-refractivity contribution in [3.05, 3.63) is 17.6 Å². The molecule has 0 unspecified atom stereocenters. The number of aromatic nitrogens is 2. The van der Waals surface area contributed by atoms with E-state index >= 15 is 0 Å². The summed E-state index contributed by atoms with van der Waals surface area (Å²) in [5, 5.41) is 3.40. The Morgan fingerprint density at radius 2 is 2.06 bits per heavy atom. The Morgan fingerprint density at radius 3 is 2.65 bits per heavy atom. The predicted octanol–water partition coefficient (Wildman–Crippen LogP) is 1.78. The van der Waals surface area contributed by atoms with Gasteiger partial charge in [0.25, 0.3) is 0 Å². The van der Waals surface area contributed by atoms with Gasteiger partial charge in [0.2, 0.25) is 0 Å². The van der Waals surface area contributed by atoms with Gasteiger partial charge in [0.15, 0.2) is 0 Å². The molecule has 0 aliphatic carbocycles. The van der Waals surface area contributed by atoms with Crippen LogP contribution in [0.15, 0.2) is 6.07 Å². The average Bonchev–Trinajstić information content (AvgIpc) is 2.27. The van der Waals surface area contributed by atoms with Crippen molar-refractivity contribution in [2.75, 3.05) is 25.0 Å². The lowest BCUT2D eigenvalue weighted by molar-refractivity contribution is 0.588. The molecule has 1 aromatic rings. The summed E-state index contributed by atoms with van der Waals surface area (Å²) in [6, 6.07) is 2.60. The topological polar surface area (TPSA) is 41.0 Å². The minimum absolute atomic E-state index is 0.529. The van der Waals surface area contributed by atoms with E-state index in [9.17, 15) is 0 Å². The molecule has 96 valence electrons. The summed E-state index contributed by atoms with van der Waals surface area (Å²) in [7, 11) is 2.07. The third kappa shape index (κ3) is 4.69. The largest absolute Gasteiger partial charge is 0.358 e. The first-order chi connectivity index (χ1) is 8.02. The lowest BCUT2D eigenvalue weighted by atomic mass is 10.3. The van der Waals surface area contributed by atoms with Crippen molar-refractivity contribution >= 4 is 5.82 Å². The highest BCUT2D eigenvalue weighted by atomic mass is 15.2. The highest BCUT2D eigenvalue weighted by Crippen LogP contribution is 2.11. The maximum atomic E-state index is 4.47. The molecule has 4 heteroatoms. The van der Waals surface area contributed by atoms with Gasteiger partial charge in [0.05, 0.1) is 0 Å². The van der Waals surface area contributed by atoms with Crippen molar-refractivity contribution in [2.45, 2.75) is 40.2 Å². The lowest BCUT2D eigenvalue weighted by Gasteiger charge is -2.20. The molecular weight excluding hydrogens is 212 g/mol. The maximum Gasteiger partial charge on any atom is 0.132 e. The van der Waals surface area contributed by atoms with Crippen LogP contribution in [-0.4, -0.2) is 36.1 Å². The van der Waals surface area contributed by atoms with E-state index in [1.807, 2.05) is 6.92 Å². The molecule has 0 saturated heterocycles. The normalized spacial score (nSPS) is 10.9. The van der Waals surface area contributed by atoms with Crippen LogP contribution < -0.4 is 10.2 Å². The molecule has 0 aliphatic rings. The first kappa shape index (κ1) is 13.9. The summed E-state index contributed by atoms with van der Waals surface area (Å²) in [6.45, 7) is 10.3. The summed E-state index contributed by atoms with van der Waals surface area (Å²) in [4.78, 5) is 11.0. The van der Waals surface area contributed by atoms with Crippen LogP contribution in [0.3, 0.4) is 0 Å². The summed E-state index contributed by atoms with van der Waals surface area (Å²) < 4.78 is 0. The predicted molar refractivity (Wildman–Crippen MR) is 72.6 cm³/mol. The minimum atomic E-state index is 0.529. The lowest BCUT2D eigenvalue weighted by Crippen LogP contribution is -2.33. The van der Waals surface area contributed by atoms with Gasteiger partial charge in [0, 0.05) is 37.9 Å². The van der Waals surface area contributed by atoms with Gasteiger partial charge in [-0.15, -0.1) is 0 Å². The van der Waals surface area contributed by atoms with E-state index in [2.05, 4.69) is 54.1 Å². The van der Waals surface area contributed by atoms with Crippen LogP contribution in [0.2, 0.25) is 0 Å². The van der Waals surface area contributed by atoms with Gasteiger partial charge >= 0.3 is 0 Å². The van der Waals surface area contributed by atoms with E-state index in [4.69, 9.17) is 0 Å². The molecule has 4 nitrogen and oxygen atoms in total. The van der Waals surface area contributed by atoms with Crippen molar-refractivity contribution < 1.29 is 0 Å². The fourth-order valence-corrected chi connectivity index (χ4v) is 1.62. The van der Waals surface area contributed by atoms with Crippen LogP contribution in [0.4, 0.5) is 5.82 Å². The smallest absolute Gasteiger partial charge is 0.132 e. The maximum absolute atomic E-state index is 4.47. The molecule has 0 saturated carbocycles. The number of nitrogens with zero attached hydrogens (tertiary/aromatic N) is 3. The molecular formula is C13H24N4. The van der Waals surface area contributed by atoms with E-state index in [-0.39, 0.29) is 0 Å². The first-order valence-electron chi connectivity index (χ1n) is 6.32. The molecule has 0 amide bonds. The number of hydrogen-bond donors (Lipinski definition) is 1. The van der Waals surface area contributed by atoms with Crippen molar-refractivity contribution in [2.24, 2.45) is 0 Å². The number of likely N-dealkylation sites (N-methyl/N-ethyl adjacent to an activating group) is 1. The zero-order valence-corrected chi connectivity index (χ0v) is 11.6. The Morgan fingerprint density at radius 1 is 1.35 bits per heavy atom. The Bertz CT molecular complexity index is 349. The Balaban J connectivity index is 2.61. The molecule has 1 aromatic heterocycles. The molecule has 1 N–H and O–H groups in total. The number of rotatable bonds is 6. The zero-order valence-electron chi connectivity index (χ0n) is 11.6. The molecule has 0 fully saturated rings. The van der Waals surface area contributed by atoms with Gasteiger partial charge in [-0.05, 0) is 13.3 Å². The second-order valence-corrected chi connectivity index (χ2v) is 4.65. The summed E-state index contributed by atoms with van der Waals surface area (Å²) in [5.41, 5.74) is 1.11. The number of nitrogens with one attached hydrogen (secondary N) is 1. The van der Waals surface area contributed by atoms with Gasteiger partial charge in [-0.25, -0.2) is 9.97 Å². The molecule has 1 rings (SSSR count). The van der Waals surface area contributed by atoms with E-state index < -0.39 is 0 Å². The van der Waals surface area contributed by atoms with Crippen LogP contribution in [0.25, 0.3) is 0 Å². The molecule has 1 heterocycles.